The van der Waals surface area contributed by atoms with Crippen LogP contribution in [0.1, 0.15) is 284 Å². The molecule has 139 heavy (non-hydrogen) atoms. The highest BCUT2D eigenvalue weighted by atomic mass is 14.4. The first kappa shape index (κ1) is 141. The SMILES string of the molecule is [B]C([B])CC(=CC(CC(CC([B])[B])CC([B])[B])CC(CC(C=C(CC([B])[B])CC([B])[B])CC(CC([B])[B])CC([B])[B])CC(CC(C=C(CC(CC([B])[B])CC([B])[B])CC(CC([B])[B])CC([B])[B])CC(CC(CC([B])[B])CC([B])[B])CC(CC([B])[B])CC([B])[B])CC(CC(CC(CC([B])[B])CC([B])[B])CC(CC([B])[B])CC([B])C)CC(CC(CC([B])[B])CC([B])[B])CC(CC([B])[B])CC([B])C)CC([B])[B]. The summed E-state index contributed by atoms with van der Waals surface area (Å²) in [6.45, 7) is 3.99. The third kappa shape index (κ3) is 80.7. The van der Waals surface area contributed by atoms with E-state index in [1.165, 1.54) is 0 Å². The second kappa shape index (κ2) is 79.2. The molecule has 0 aliphatic carbocycles. The second-order valence-electron chi connectivity index (χ2n) is 44.9. The van der Waals surface area contributed by atoms with Gasteiger partial charge in [0.25, 0.3) is 0 Å². The lowest BCUT2D eigenvalue weighted by atomic mass is 9.58. The van der Waals surface area contributed by atoms with Gasteiger partial charge >= 0.3 is 0 Å². The van der Waals surface area contributed by atoms with Crippen molar-refractivity contribution in [2.45, 2.75) is 421 Å². The van der Waals surface area contributed by atoms with Crippen LogP contribution in [0.3, 0.4) is 0 Å². The van der Waals surface area contributed by atoms with E-state index in [-0.39, 0.29) is 150 Å². The normalized spacial score (nSPS) is 15.6. The van der Waals surface area contributed by atoms with Crippen molar-refractivity contribution >= 4 is 361 Å². The van der Waals surface area contributed by atoms with E-state index in [1.807, 2.05) is 13.8 Å². The molecule has 46 heteroatoms. The van der Waals surface area contributed by atoms with Gasteiger partial charge in [-0.25, -0.2) is 0 Å². The van der Waals surface area contributed by atoms with Crippen LogP contribution in [0.25, 0.3) is 0 Å². The summed E-state index contributed by atoms with van der Waals surface area (Å²) in [5.74, 6) is -4.67. The zero-order valence-corrected chi connectivity index (χ0v) is 86.3. The molecule has 92 radical (unpaired) electrons. The highest BCUT2D eigenvalue weighted by Crippen LogP contribution is 2.50. The molecule has 0 aliphatic rings. The zero-order valence-electron chi connectivity index (χ0n) is 86.3. The van der Waals surface area contributed by atoms with Crippen LogP contribution >= 0.6 is 0 Å². The first-order valence-electron chi connectivity index (χ1n) is 52.3. The molecule has 0 rings (SSSR count). The fraction of sp³-hybridized carbons (Fsp3) is 0.935. The predicted octanol–water partition coefficient (Wildman–Crippen LogP) is 11.6. The molecule has 0 aliphatic heterocycles. The van der Waals surface area contributed by atoms with Gasteiger partial charge in [0.05, 0.1) is 361 Å². The fourth-order valence-corrected chi connectivity index (χ4v) is 24.1. The topological polar surface area (TPSA) is 0 Å². The van der Waals surface area contributed by atoms with Crippen LogP contribution in [0.2, 0.25) is 137 Å². The van der Waals surface area contributed by atoms with Crippen LogP contribution in [0.4, 0.5) is 0 Å². The minimum absolute atomic E-state index is 0.0722. The highest BCUT2D eigenvalue weighted by Gasteiger charge is 2.38. The maximum absolute atomic E-state index is 6.92. The first-order valence-corrected chi connectivity index (χ1v) is 52.3. The summed E-state index contributed by atoms with van der Waals surface area (Å²) in [6, 6.07) is 0. The van der Waals surface area contributed by atoms with Crippen molar-refractivity contribution in [3.05, 3.63) is 34.9 Å². The van der Waals surface area contributed by atoms with Crippen molar-refractivity contribution in [1.29, 1.82) is 0 Å². The van der Waals surface area contributed by atoms with Crippen molar-refractivity contribution in [2.75, 3.05) is 0 Å². The maximum Gasteiger partial charge on any atom is 0.0695 e. The van der Waals surface area contributed by atoms with E-state index < -0.39 is 126 Å². The molecule has 0 heterocycles. The van der Waals surface area contributed by atoms with Gasteiger partial charge in [0, 0.05) is 0 Å². The monoisotopic (exact) mass is 1760 g/mol. The van der Waals surface area contributed by atoms with Gasteiger partial charge in [-0.2, -0.15) is 0 Å². The molecule has 10 atom stereocenters. The summed E-state index contributed by atoms with van der Waals surface area (Å²) in [5.41, 5.74) is -13.9. The predicted molar refractivity (Wildman–Crippen MR) is 651 cm³/mol. The van der Waals surface area contributed by atoms with Crippen LogP contribution in [-0.4, -0.2) is 361 Å². The molecule has 0 saturated carbocycles. The lowest BCUT2D eigenvalue weighted by Crippen LogP contribution is -2.27. The van der Waals surface area contributed by atoms with Gasteiger partial charge in [0.2, 0.25) is 0 Å². The number of rotatable bonds is 87. The van der Waals surface area contributed by atoms with Gasteiger partial charge in [-0.05, 0) is 254 Å². The van der Waals surface area contributed by atoms with E-state index in [1.54, 1.807) is 0 Å². The number of hydrogen-bond acceptors (Lipinski definition) is 0. The zero-order chi connectivity index (χ0) is 106. The Labute approximate surface area is 921 Å². The standard InChI is InChI=1S/C93H136B46/c1-48(94)3-50(26-72(96)97)5-52(16-62(28-74(100)101)29-75(102)103)7-54(8-53(6-51(4-49(2)95)27-73(98)99)17-63(30-76(104)105)31-77(106)107)9-55(10-56(12-58(18-64(32-78(108)109)33-79(110)111)19-65(34-80(112)113)35-81(114)115)13-59(20-66(36-82(116)117)37-83(118)119)21-67(38-84(120)121)39-85(122)123)11-57(14-60(22-68(40-86(124)125)41-87(126)127)23-69(42-88(128)129)43-89(130)131)15-61(24-70(44-90(132)133)45-91(134)135)25-71(46-92(136)137)47-93(138)139/h12,22,24,48-57,59-67,69,71-93H,3-11,13-21,23,25-47H2,1-2H3. The summed E-state index contributed by atoms with van der Waals surface area (Å²) in [7, 11) is 308. The Morgan fingerprint density at radius 1 is 0.115 bits per heavy atom. The van der Waals surface area contributed by atoms with E-state index in [4.69, 9.17) is 361 Å². The quantitative estimate of drug-likeness (QED) is 0.0421. The molecule has 0 N–H and O–H groups in total. The first-order chi connectivity index (χ1) is 64.5. The highest BCUT2D eigenvalue weighted by molar-refractivity contribution is 6.43. The van der Waals surface area contributed by atoms with Gasteiger partial charge < -0.3 is 0 Å². The smallest absolute Gasteiger partial charge is 0.0695 e. The Morgan fingerprint density at radius 2 is 0.216 bits per heavy atom. The van der Waals surface area contributed by atoms with E-state index in [2.05, 4.69) is 18.2 Å². The average Bonchev–Trinajstić information content (AvgIpc) is 0.839. The van der Waals surface area contributed by atoms with Crippen LogP contribution in [0, 0.1) is 112 Å². The van der Waals surface area contributed by atoms with Gasteiger partial charge in [-0.15, -0.1) is 126 Å². The molecule has 10 unspecified atom stereocenters. The summed E-state index contributed by atoms with van der Waals surface area (Å²) in [4.78, 5) is 0. The lowest BCUT2D eigenvalue weighted by Gasteiger charge is -2.39. The van der Waals surface area contributed by atoms with Crippen LogP contribution in [0.15, 0.2) is 34.9 Å². The van der Waals surface area contributed by atoms with Crippen molar-refractivity contribution in [2.24, 2.45) is 112 Å². The van der Waals surface area contributed by atoms with Crippen molar-refractivity contribution in [3.8, 4) is 0 Å². The third-order valence-corrected chi connectivity index (χ3v) is 27.3. The van der Waals surface area contributed by atoms with E-state index in [9.17, 15) is 0 Å². The van der Waals surface area contributed by atoms with E-state index in [0.717, 1.165) is 16.7 Å². The molecule has 646 valence electrons. The third-order valence-electron chi connectivity index (χ3n) is 27.3. The van der Waals surface area contributed by atoms with Gasteiger partial charge in [0.1, 0.15) is 0 Å². The summed E-state index contributed by atoms with van der Waals surface area (Å²) in [5, 5.41) is 0. The molecule has 0 aromatic carbocycles. The Bertz CT molecular complexity index is 2670. The summed E-state index contributed by atoms with van der Waals surface area (Å²) in [6.07, 6.45) is 25.6. The molecule has 0 aromatic rings. The maximum atomic E-state index is 6.92. The number of allylic oxidation sites excluding steroid dienone is 6. The Hall–Kier alpha value is 2.21. The molecule has 0 aromatic heterocycles. The minimum atomic E-state index is -0.811. The number of hydrogen-bond donors (Lipinski definition) is 0. The Kier molecular flexibility index (Phi) is 80.5. The van der Waals surface area contributed by atoms with E-state index >= 15 is 0 Å². The van der Waals surface area contributed by atoms with Crippen LogP contribution in [-0.2, 0) is 0 Å². The fourth-order valence-electron chi connectivity index (χ4n) is 24.1. The van der Waals surface area contributed by atoms with Crippen LogP contribution < -0.4 is 0 Å². The van der Waals surface area contributed by atoms with Crippen molar-refractivity contribution < 1.29 is 0 Å². The molecular formula is C93H136B46. The Morgan fingerprint density at radius 3 is 0.345 bits per heavy atom. The molecule has 0 amide bonds. The Balaban J connectivity index is 12.6. The van der Waals surface area contributed by atoms with Gasteiger partial charge in [0.15, 0.2) is 0 Å². The second-order valence-corrected chi connectivity index (χ2v) is 44.9. The molecule has 0 bridgehead atoms. The lowest BCUT2D eigenvalue weighted by molar-refractivity contribution is 0.149. The molecule has 0 fully saturated rings. The van der Waals surface area contributed by atoms with Crippen molar-refractivity contribution in [3.63, 3.8) is 0 Å². The van der Waals surface area contributed by atoms with Gasteiger partial charge in [-0.1, -0.05) is 189 Å². The molecule has 0 saturated heterocycles. The van der Waals surface area contributed by atoms with Crippen molar-refractivity contribution in [1.82, 2.24) is 0 Å². The molecule has 0 spiro atoms. The molecular weight excluding hydrogens is 1610 g/mol. The molecule has 0 nitrogen and oxygen atoms in total. The summed E-state index contributed by atoms with van der Waals surface area (Å²) >= 11 is 0. The largest absolute Gasteiger partial charge is 0.109 e. The van der Waals surface area contributed by atoms with E-state index in [0.29, 0.717) is 244 Å². The minimum Gasteiger partial charge on any atom is -0.109 e. The van der Waals surface area contributed by atoms with Gasteiger partial charge in [-0.3, -0.25) is 0 Å². The summed E-state index contributed by atoms with van der Waals surface area (Å²) < 4.78 is 0. The van der Waals surface area contributed by atoms with Crippen LogP contribution in [0.5, 0.6) is 0 Å². The average molecular weight is 1750 g/mol.